The van der Waals surface area contributed by atoms with Gasteiger partial charge in [-0.05, 0) is 18.3 Å². The van der Waals surface area contributed by atoms with Gasteiger partial charge in [0.25, 0.3) is 0 Å². The van der Waals surface area contributed by atoms with Crippen LogP contribution < -0.4 is 5.32 Å². The highest BCUT2D eigenvalue weighted by molar-refractivity contribution is 5.77. The highest BCUT2D eigenvalue weighted by Crippen LogP contribution is 2.03. The average Bonchev–Trinajstić information content (AvgIpc) is 2.22. The lowest BCUT2D eigenvalue weighted by Crippen LogP contribution is -2.41. The van der Waals surface area contributed by atoms with Crippen molar-refractivity contribution in [2.45, 2.75) is 34.1 Å². The second kappa shape index (κ2) is 10.3. The van der Waals surface area contributed by atoms with Crippen molar-refractivity contribution in [1.82, 2.24) is 10.2 Å². The molecule has 0 aliphatic rings. The van der Waals surface area contributed by atoms with Gasteiger partial charge in [-0.2, -0.15) is 0 Å². The van der Waals surface area contributed by atoms with E-state index in [4.69, 9.17) is 4.74 Å². The fourth-order valence-corrected chi connectivity index (χ4v) is 1.94. The minimum atomic E-state index is 0.118. The number of carbonyl (C=O) groups excluding carboxylic acids is 1. The molecule has 0 unspecified atom stereocenters. The van der Waals surface area contributed by atoms with Crippen molar-refractivity contribution in [3.05, 3.63) is 0 Å². The molecule has 4 heteroatoms. The molecule has 0 atom stereocenters. The summed E-state index contributed by atoms with van der Waals surface area (Å²) in [7, 11) is 1.68. The number of nitrogens with zero attached hydrogens (tertiary/aromatic N) is 1. The van der Waals surface area contributed by atoms with Gasteiger partial charge in [-0.25, -0.2) is 0 Å². The molecule has 108 valence electrons. The number of hydrogen-bond acceptors (Lipinski definition) is 3. The molecular weight excluding hydrogens is 228 g/mol. The van der Waals surface area contributed by atoms with Crippen molar-refractivity contribution in [3.63, 3.8) is 0 Å². The van der Waals surface area contributed by atoms with Crippen molar-refractivity contribution >= 4 is 5.91 Å². The van der Waals surface area contributed by atoms with Gasteiger partial charge in [0, 0.05) is 33.4 Å². The molecule has 0 aromatic carbocycles. The predicted octanol–water partition coefficient (Wildman–Crippen LogP) is 1.75. The van der Waals surface area contributed by atoms with Gasteiger partial charge in [0.1, 0.15) is 0 Å². The molecule has 0 rings (SSSR count). The van der Waals surface area contributed by atoms with Crippen molar-refractivity contribution in [3.8, 4) is 0 Å². The molecule has 1 N–H and O–H groups in total. The minimum Gasteiger partial charge on any atom is -0.385 e. The highest BCUT2D eigenvalue weighted by Gasteiger charge is 2.13. The van der Waals surface area contributed by atoms with E-state index in [1.54, 1.807) is 7.11 Å². The second-order valence-corrected chi connectivity index (χ2v) is 5.68. The Labute approximate surface area is 112 Å². The summed E-state index contributed by atoms with van der Waals surface area (Å²) in [4.78, 5) is 14.0. The first-order valence-corrected chi connectivity index (χ1v) is 6.93. The molecule has 0 radical (unpaired) electrons. The van der Waals surface area contributed by atoms with Crippen molar-refractivity contribution in [2.75, 3.05) is 39.9 Å². The van der Waals surface area contributed by atoms with Gasteiger partial charge in [0.05, 0.1) is 6.54 Å². The maximum atomic E-state index is 11.8. The third-order valence-corrected chi connectivity index (χ3v) is 2.46. The van der Waals surface area contributed by atoms with E-state index in [1.807, 2.05) is 0 Å². The Balaban J connectivity index is 3.94. The summed E-state index contributed by atoms with van der Waals surface area (Å²) in [5.74, 6) is 1.29. The van der Waals surface area contributed by atoms with E-state index < -0.39 is 0 Å². The van der Waals surface area contributed by atoms with Crippen LogP contribution in [0.5, 0.6) is 0 Å². The van der Waals surface area contributed by atoms with Gasteiger partial charge in [0.2, 0.25) is 5.91 Å². The van der Waals surface area contributed by atoms with Gasteiger partial charge in [-0.3, -0.25) is 9.69 Å². The quantitative estimate of drug-likeness (QED) is 0.607. The van der Waals surface area contributed by atoms with Crippen LogP contribution in [0.15, 0.2) is 0 Å². The lowest BCUT2D eigenvalue weighted by molar-refractivity contribution is -0.122. The number of hydrogen-bond donors (Lipinski definition) is 1. The second-order valence-electron chi connectivity index (χ2n) is 5.68. The van der Waals surface area contributed by atoms with Crippen LogP contribution in [0.3, 0.4) is 0 Å². The van der Waals surface area contributed by atoms with Gasteiger partial charge < -0.3 is 10.1 Å². The molecular formula is C14H30N2O2. The van der Waals surface area contributed by atoms with Crippen LogP contribution in [0.4, 0.5) is 0 Å². The van der Waals surface area contributed by atoms with Crippen LogP contribution in [0.2, 0.25) is 0 Å². The molecule has 0 aliphatic heterocycles. The van der Waals surface area contributed by atoms with Gasteiger partial charge in [-0.1, -0.05) is 27.7 Å². The average molecular weight is 258 g/mol. The maximum absolute atomic E-state index is 11.8. The minimum absolute atomic E-state index is 0.118. The van der Waals surface area contributed by atoms with E-state index in [-0.39, 0.29) is 5.91 Å². The standard InChI is InChI=1S/C14H30N2O2/c1-12(2)9-16(10-13(3)4)11-14(17)15-7-6-8-18-5/h12-13H,6-11H2,1-5H3,(H,15,17). The molecule has 1 amide bonds. The Morgan fingerprint density at radius 3 is 2.17 bits per heavy atom. The highest BCUT2D eigenvalue weighted by atomic mass is 16.5. The molecule has 4 nitrogen and oxygen atoms in total. The summed E-state index contributed by atoms with van der Waals surface area (Å²) in [5, 5.41) is 2.93. The molecule has 0 saturated carbocycles. The topological polar surface area (TPSA) is 41.6 Å². The fourth-order valence-electron chi connectivity index (χ4n) is 1.94. The summed E-state index contributed by atoms with van der Waals surface area (Å²) in [5.41, 5.74) is 0. The molecule has 18 heavy (non-hydrogen) atoms. The van der Waals surface area contributed by atoms with Crippen LogP contribution in [-0.2, 0) is 9.53 Å². The van der Waals surface area contributed by atoms with E-state index in [0.717, 1.165) is 19.5 Å². The maximum Gasteiger partial charge on any atom is 0.234 e. The molecule has 0 aliphatic carbocycles. The number of ether oxygens (including phenoxy) is 1. The lowest BCUT2D eigenvalue weighted by atomic mass is 10.1. The van der Waals surface area contributed by atoms with Crippen LogP contribution >= 0.6 is 0 Å². The molecule has 0 bridgehead atoms. The summed E-state index contributed by atoms with van der Waals surface area (Å²) in [6, 6.07) is 0. The Morgan fingerprint density at radius 1 is 1.17 bits per heavy atom. The molecule has 0 fully saturated rings. The summed E-state index contributed by atoms with van der Waals surface area (Å²) < 4.78 is 4.95. The zero-order valence-corrected chi connectivity index (χ0v) is 12.7. The van der Waals surface area contributed by atoms with Crippen molar-refractivity contribution in [2.24, 2.45) is 11.8 Å². The zero-order valence-electron chi connectivity index (χ0n) is 12.7. The summed E-state index contributed by atoms with van der Waals surface area (Å²) in [6.45, 7) is 12.6. The zero-order chi connectivity index (χ0) is 14.0. The van der Waals surface area contributed by atoms with Crippen LogP contribution in [-0.4, -0.2) is 50.7 Å². The molecule has 0 aromatic rings. The van der Waals surface area contributed by atoms with E-state index in [2.05, 4.69) is 37.9 Å². The van der Waals surface area contributed by atoms with E-state index in [9.17, 15) is 4.79 Å². The van der Waals surface area contributed by atoms with Crippen LogP contribution in [0.1, 0.15) is 34.1 Å². The third kappa shape index (κ3) is 10.5. The van der Waals surface area contributed by atoms with Crippen LogP contribution in [0, 0.1) is 11.8 Å². The molecule has 0 heterocycles. The lowest BCUT2D eigenvalue weighted by Gasteiger charge is -2.25. The van der Waals surface area contributed by atoms with Gasteiger partial charge in [0.15, 0.2) is 0 Å². The third-order valence-electron chi connectivity index (χ3n) is 2.46. The Morgan fingerprint density at radius 2 is 1.72 bits per heavy atom. The SMILES string of the molecule is COCCCNC(=O)CN(CC(C)C)CC(C)C. The Bertz CT molecular complexity index is 208. The van der Waals surface area contributed by atoms with E-state index in [1.165, 1.54) is 0 Å². The summed E-state index contributed by atoms with van der Waals surface area (Å²) in [6.07, 6.45) is 0.872. The number of rotatable bonds is 10. The van der Waals surface area contributed by atoms with Crippen molar-refractivity contribution < 1.29 is 9.53 Å². The molecule has 0 spiro atoms. The first-order chi connectivity index (χ1) is 8.45. The number of amides is 1. The van der Waals surface area contributed by atoms with Crippen LogP contribution in [0.25, 0.3) is 0 Å². The van der Waals surface area contributed by atoms with Gasteiger partial charge in [-0.15, -0.1) is 0 Å². The van der Waals surface area contributed by atoms with E-state index >= 15 is 0 Å². The fraction of sp³-hybridized carbons (Fsp3) is 0.929. The molecule has 0 saturated heterocycles. The van der Waals surface area contributed by atoms with E-state index in [0.29, 0.717) is 31.5 Å². The monoisotopic (exact) mass is 258 g/mol. The largest absolute Gasteiger partial charge is 0.385 e. The normalized spacial score (nSPS) is 11.6. The van der Waals surface area contributed by atoms with Crippen molar-refractivity contribution in [1.29, 1.82) is 0 Å². The van der Waals surface area contributed by atoms with Gasteiger partial charge >= 0.3 is 0 Å². The Hall–Kier alpha value is -0.610. The number of methoxy groups -OCH3 is 1. The Kier molecular flexibility index (Phi) is 9.98. The number of nitrogens with one attached hydrogen (secondary N) is 1. The molecule has 0 aromatic heterocycles. The first-order valence-electron chi connectivity index (χ1n) is 6.93. The number of carbonyl (C=O) groups is 1. The smallest absolute Gasteiger partial charge is 0.234 e. The predicted molar refractivity (Wildman–Crippen MR) is 75.6 cm³/mol. The first kappa shape index (κ1) is 17.4. The summed E-state index contributed by atoms with van der Waals surface area (Å²) >= 11 is 0.